The maximum atomic E-state index is 6.10. The molecule has 0 aromatic heterocycles. The van der Waals surface area contributed by atoms with Crippen molar-refractivity contribution in [2.75, 3.05) is 26.2 Å². The molecule has 1 fully saturated rings. The van der Waals surface area contributed by atoms with Crippen LogP contribution in [0.1, 0.15) is 23.6 Å². The number of hydrogen-bond donors (Lipinski definition) is 0. The first-order valence-electron chi connectivity index (χ1n) is 8.55. The maximum Gasteiger partial charge on any atom is 0.0647 e. The van der Waals surface area contributed by atoms with Crippen molar-refractivity contribution in [2.24, 2.45) is 5.10 Å². The van der Waals surface area contributed by atoms with Crippen LogP contribution in [0.2, 0.25) is 10.0 Å². The van der Waals surface area contributed by atoms with Crippen LogP contribution in [0, 0.1) is 6.92 Å². The van der Waals surface area contributed by atoms with Gasteiger partial charge in [-0.25, -0.2) is 0 Å². The number of nitrogens with zero attached hydrogens (tertiary/aromatic N) is 3. The van der Waals surface area contributed by atoms with E-state index in [1.54, 1.807) is 0 Å². The second kappa shape index (κ2) is 8.22. The Morgan fingerprint density at radius 2 is 1.64 bits per heavy atom. The molecule has 1 aliphatic heterocycles. The molecule has 3 rings (SSSR count). The van der Waals surface area contributed by atoms with Crippen LogP contribution in [0.4, 0.5) is 0 Å². The highest BCUT2D eigenvalue weighted by atomic mass is 35.5. The van der Waals surface area contributed by atoms with Crippen LogP contribution in [-0.4, -0.2) is 41.8 Å². The van der Waals surface area contributed by atoms with E-state index in [0.29, 0.717) is 10.0 Å². The summed E-state index contributed by atoms with van der Waals surface area (Å²) in [6.45, 7) is 9.05. The van der Waals surface area contributed by atoms with Crippen LogP contribution in [0.25, 0.3) is 0 Å². The van der Waals surface area contributed by atoms with Crippen LogP contribution >= 0.6 is 23.2 Å². The smallest absolute Gasteiger partial charge is 0.0647 e. The fraction of sp³-hybridized carbons (Fsp3) is 0.350. The molecule has 2 aromatic rings. The summed E-state index contributed by atoms with van der Waals surface area (Å²) >= 11 is 12.1. The molecule has 5 heteroatoms. The van der Waals surface area contributed by atoms with Crippen LogP contribution in [0.15, 0.2) is 47.6 Å². The molecule has 0 aliphatic carbocycles. The normalized spacial score (nSPS) is 16.3. The first kappa shape index (κ1) is 18.2. The lowest BCUT2D eigenvalue weighted by Gasteiger charge is -2.33. The Labute approximate surface area is 159 Å². The van der Waals surface area contributed by atoms with Gasteiger partial charge < -0.3 is 0 Å². The Morgan fingerprint density at radius 3 is 2.28 bits per heavy atom. The summed E-state index contributed by atoms with van der Waals surface area (Å²) in [5.74, 6) is 0. The van der Waals surface area contributed by atoms with Crippen LogP contribution < -0.4 is 0 Å². The van der Waals surface area contributed by atoms with Gasteiger partial charge in [0.2, 0.25) is 0 Å². The number of benzene rings is 2. The van der Waals surface area contributed by atoms with Gasteiger partial charge >= 0.3 is 0 Å². The summed E-state index contributed by atoms with van der Waals surface area (Å²) in [7, 11) is 0. The molecule has 3 nitrogen and oxygen atoms in total. The van der Waals surface area contributed by atoms with Crippen LogP contribution in [0.3, 0.4) is 0 Å². The summed E-state index contributed by atoms with van der Waals surface area (Å²) < 4.78 is 0. The zero-order valence-electron chi connectivity index (χ0n) is 14.7. The van der Waals surface area contributed by atoms with Gasteiger partial charge in [-0.1, -0.05) is 59.1 Å². The Bertz CT molecular complexity index is 748. The number of halogens is 2. The molecule has 0 unspecified atom stereocenters. The molecule has 132 valence electrons. The van der Waals surface area contributed by atoms with Gasteiger partial charge in [0.15, 0.2) is 0 Å². The third-order valence-electron chi connectivity index (χ3n) is 4.50. The van der Waals surface area contributed by atoms with E-state index in [4.69, 9.17) is 28.3 Å². The number of piperazine rings is 1. The van der Waals surface area contributed by atoms with Crippen molar-refractivity contribution in [1.29, 1.82) is 0 Å². The number of hydrogen-bond acceptors (Lipinski definition) is 3. The van der Waals surface area contributed by atoms with Crippen molar-refractivity contribution in [3.8, 4) is 0 Å². The molecule has 2 aromatic carbocycles. The summed E-state index contributed by atoms with van der Waals surface area (Å²) in [6, 6.07) is 14.4. The minimum atomic E-state index is 0.566. The molecule has 0 bridgehead atoms. The summed E-state index contributed by atoms with van der Waals surface area (Å²) in [5, 5.41) is 8.03. The van der Waals surface area contributed by atoms with Gasteiger partial charge in [-0.05, 0) is 37.1 Å². The van der Waals surface area contributed by atoms with Crippen molar-refractivity contribution in [3.63, 3.8) is 0 Å². The lowest BCUT2D eigenvalue weighted by molar-refractivity contribution is 0.130. The topological polar surface area (TPSA) is 18.8 Å². The average Bonchev–Trinajstić information content (AvgIpc) is 2.61. The van der Waals surface area contributed by atoms with Crippen molar-refractivity contribution < 1.29 is 0 Å². The summed E-state index contributed by atoms with van der Waals surface area (Å²) in [5.41, 5.74) is 4.65. The fourth-order valence-corrected chi connectivity index (χ4v) is 3.24. The monoisotopic (exact) mass is 375 g/mol. The average molecular weight is 376 g/mol. The predicted molar refractivity (Wildman–Crippen MR) is 107 cm³/mol. The molecule has 0 saturated carbocycles. The molecular formula is C20H23Cl2N3. The number of hydrazone groups is 1. The molecule has 1 saturated heterocycles. The Hall–Kier alpha value is -1.55. The zero-order chi connectivity index (χ0) is 17.8. The van der Waals surface area contributed by atoms with Crippen molar-refractivity contribution in [2.45, 2.75) is 20.4 Å². The second-order valence-corrected chi connectivity index (χ2v) is 7.34. The first-order chi connectivity index (χ1) is 12.0. The largest absolute Gasteiger partial charge is 0.295 e. The van der Waals surface area contributed by atoms with Gasteiger partial charge in [-0.15, -0.1) is 0 Å². The van der Waals surface area contributed by atoms with Gasteiger partial charge in [0.25, 0.3) is 0 Å². The van der Waals surface area contributed by atoms with E-state index >= 15 is 0 Å². The highest BCUT2D eigenvalue weighted by Gasteiger charge is 2.16. The van der Waals surface area contributed by atoms with E-state index in [1.165, 1.54) is 11.1 Å². The standard InChI is InChI=1S/C20H23Cl2N3/c1-15-3-5-17(6-4-15)14-24-9-11-25(12-10-24)23-16(2)18-7-8-19(21)20(22)13-18/h3-8,13H,9-12,14H2,1-2H3. The first-order valence-corrected chi connectivity index (χ1v) is 9.30. The van der Waals surface area contributed by atoms with E-state index in [0.717, 1.165) is 44.0 Å². The highest BCUT2D eigenvalue weighted by molar-refractivity contribution is 6.42. The zero-order valence-corrected chi connectivity index (χ0v) is 16.2. The molecule has 25 heavy (non-hydrogen) atoms. The minimum Gasteiger partial charge on any atom is -0.295 e. The molecule has 0 amide bonds. The molecule has 0 spiro atoms. The number of rotatable bonds is 4. The van der Waals surface area contributed by atoms with Crippen molar-refractivity contribution >= 4 is 28.9 Å². The van der Waals surface area contributed by atoms with Gasteiger partial charge in [0.05, 0.1) is 15.8 Å². The lowest BCUT2D eigenvalue weighted by atomic mass is 10.1. The molecule has 0 N–H and O–H groups in total. The second-order valence-electron chi connectivity index (χ2n) is 6.53. The fourth-order valence-electron chi connectivity index (χ4n) is 2.94. The molecular weight excluding hydrogens is 353 g/mol. The SMILES string of the molecule is CC(=NN1CCN(Cc2ccc(C)cc2)CC1)c1ccc(Cl)c(Cl)c1. The third-order valence-corrected chi connectivity index (χ3v) is 5.24. The minimum absolute atomic E-state index is 0.566. The summed E-state index contributed by atoms with van der Waals surface area (Å²) in [6.07, 6.45) is 0. The van der Waals surface area contributed by atoms with Gasteiger partial charge in [0.1, 0.15) is 0 Å². The Kier molecular flexibility index (Phi) is 6.00. The van der Waals surface area contributed by atoms with Crippen molar-refractivity contribution in [1.82, 2.24) is 9.91 Å². The van der Waals surface area contributed by atoms with Gasteiger partial charge in [-0.2, -0.15) is 5.10 Å². The van der Waals surface area contributed by atoms with Gasteiger partial charge in [0, 0.05) is 32.7 Å². The van der Waals surface area contributed by atoms with E-state index in [9.17, 15) is 0 Å². The molecule has 0 radical (unpaired) electrons. The van der Waals surface area contributed by atoms with E-state index < -0.39 is 0 Å². The van der Waals surface area contributed by atoms with Gasteiger partial charge in [-0.3, -0.25) is 9.91 Å². The van der Waals surface area contributed by atoms with Crippen LogP contribution in [-0.2, 0) is 6.54 Å². The van der Waals surface area contributed by atoms with Crippen LogP contribution in [0.5, 0.6) is 0 Å². The molecule has 0 atom stereocenters. The Morgan fingerprint density at radius 1 is 0.960 bits per heavy atom. The molecule has 1 heterocycles. The molecule has 1 aliphatic rings. The van der Waals surface area contributed by atoms with E-state index in [2.05, 4.69) is 41.1 Å². The van der Waals surface area contributed by atoms with E-state index in [-0.39, 0.29) is 0 Å². The third kappa shape index (κ3) is 4.97. The van der Waals surface area contributed by atoms with E-state index in [1.807, 2.05) is 25.1 Å². The number of aryl methyl sites for hydroxylation is 1. The Balaban J connectivity index is 1.56. The quantitative estimate of drug-likeness (QED) is 0.711. The maximum absolute atomic E-state index is 6.10. The lowest BCUT2D eigenvalue weighted by Crippen LogP contribution is -2.43. The summed E-state index contributed by atoms with van der Waals surface area (Å²) in [4.78, 5) is 2.48. The van der Waals surface area contributed by atoms with Crippen molar-refractivity contribution in [3.05, 3.63) is 69.2 Å². The predicted octanol–water partition coefficient (Wildman–Crippen LogP) is 4.84. The highest BCUT2D eigenvalue weighted by Crippen LogP contribution is 2.23.